The predicted molar refractivity (Wildman–Crippen MR) is 72.3 cm³/mol. The maximum Gasteiger partial charge on any atom is 0.237 e. The molecule has 0 bridgehead atoms. The quantitative estimate of drug-likeness (QED) is 0.720. The Morgan fingerprint density at radius 3 is 2.83 bits per heavy atom. The number of ether oxygens (including phenoxy) is 1. The van der Waals surface area contributed by atoms with Crippen LogP contribution in [0.3, 0.4) is 0 Å². The molecule has 1 rings (SSSR count). The highest BCUT2D eigenvalue weighted by Gasteiger charge is 2.35. The Labute approximate surface area is 110 Å². The molecule has 1 heterocycles. The van der Waals surface area contributed by atoms with E-state index in [0.717, 1.165) is 32.7 Å². The van der Waals surface area contributed by atoms with Crippen molar-refractivity contribution in [1.29, 1.82) is 0 Å². The Bertz CT molecular complexity index is 285. The topological polar surface area (TPSA) is 67.6 Å². The normalized spacial score (nSPS) is 26.6. The van der Waals surface area contributed by atoms with Gasteiger partial charge < -0.3 is 15.8 Å². The molecule has 3 atom stereocenters. The molecule has 0 aromatic carbocycles. The van der Waals surface area contributed by atoms with Crippen molar-refractivity contribution >= 4 is 5.91 Å². The van der Waals surface area contributed by atoms with Gasteiger partial charge in [0.05, 0.1) is 18.8 Å². The highest BCUT2D eigenvalue weighted by atomic mass is 16.5. The molecule has 18 heavy (non-hydrogen) atoms. The number of nitrogens with two attached hydrogens (primary N) is 1. The summed E-state index contributed by atoms with van der Waals surface area (Å²) in [5.41, 5.74) is 4.89. The molecule has 0 aliphatic carbocycles. The Kier molecular flexibility index (Phi) is 5.56. The Hall–Kier alpha value is -0.650. The molecule has 1 fully saturated rings. The molecule has 0 aromatic heterocycles. The van der Waals surface area contributed by atoms with E-state index in [1.807, 2.05) is 13.8 Å². The van der Waals surface area contributed by atoms with Crippen molar-refractivity contribution in [2.75, 3.05) is 26.3 Å². The van der Waals surface area contributed by atoms with E-state index < -0.39 is 5.54 Å². The second kappa shape index (κ2) is 6.50. The van der Waals surface area contributed by atoms with Crippen LogP contribution in [0.15, 0.2) is 0 Å². The van der Waals surface area contributed by atoms with Gasteiger partial charge in [0.25, 0.3) is 0 Å². The molecule has 0 saturated carbocycles. The first-order valence-corrected chi connectivity index (χ1v) is 6.79. The molecule has 1 amide bonds. The van der Waals surface area contributed by atoms with Crippen LogP contribution in [0.1, 0.15) is 34.1 Å². The number of amides is 1. The third-order valence-corrected chi connectivity index (χ3v) is 3.80. The molecular formula is C13H27N3O2. The first kappa shape index (κ1) is 15.4. The lowest BCUT2D eigenvalue weighted by Gasteiger charge is -2.41. The highest BCUT2D eigenvalue weighted by molar-refractivity contribution is 5.84. The van der Waals surface area contributed by atoms with E-state index in [1.165, 1.54) is 0 Å². The summed E-state index contributed by atoms with van der Waals surface area (Å²) in [4.78, 5) is 14.0. The van der Waals surface area contributed by atoms with Crippen molar-refractivity contribution in [3.8, 4) is 0 Å². The average Bonchev–Trinajstić information content (AvgIpc) is 2.29. The number of carbonyl (C=O) groups is 1. The van der Waals surface area contributed by atoms with Crippen LogP contribution < -0.4 is 11.1 Å². The molecule has 1 saturated heterocycles. The van der Waals surface area contributed by atoms with Gasteiger partial charge in [-0.3, -0.25) is 9.69 Å². The lowest BCUT2D eigenvalue weighted by atomic mass is 9.91. The minimum Gasteiger partial charge on any atom is -0.379 e. The van der Waals surface area contributed by atoms with Crippen LogP contribution in [-0.2, 0) is 9.53 Å². The lowest BCUT2D eigenvalue weighted by Crippen LogP contribution is -2.58. The standard InChI is InChI=1S/C13H27N3O2/c1-5-15-13(4,12(14)17)8-10(2)16-6-7-18-9-11(16)3/h10-11,15H,5-9H2,1-4H3,(H2,14,17). The summed E-state index contributed by atoms with van der Waals surface area (Å²) in [6.07, 6.45) is 0.723. The maximum absolute atomic E-state index is 11.6. The monoisotopic (exact) mass is 257 g/mol. The number of likely N-dealkylation sites (N-methyl/N-ethyl adjacent to an activating group) is 1. The smallest absolute Gasteiger partial charge is 0.237 e. The van der Waals surface area contributed by atoms with Gasteiger partial charge in [-0.2, -0.15) is 0 Å². The summed E-state index contributed by atoms with van der Waals surface area (Å²) in [6.45, 7) is 11.4. The molecule has 5 nitrogen and oxygen atoms in total. The average molecular weight is 257 g/mol. The molecule has 5 heteroatoms. The van der Waals surface area contributed by atoms with E-state index in [4.69, 9.17) is 10.5 Å². The fraction of sp³-hybridized carbons (Fsp3) is 0.923. The van der Waals surface area contributed by atoms with Crippen LogP contribution in [0.4, 0.5) is 0 Å². The number of hydrogen-bond donors (Lipinski definition) is 2. The summed E-state index contributed by atoms with van der Waals surface area (Å²) in [5, 5.41) is 3.21. The molecular weight excluding hydrogens is 230 g/mol. The number of morpholine rings is 1. The first-order valence-electron chi connectivity index (χ1n) is 6.79. The number of nitrogens with zero attached hydrogens (tertiary/aromatic N) is 1. The van der Waals surface area contributed by atoms with E-state index in [-0.39, 0.29) is 5.91 Å². The number of primary amides is 1. The SMILES string of the molecule is CCNC(C)(CC(C)N1CCOCC1C)C(N)=O. The molecule has 1 aliphatic heterocycles. The van der Waals surface area contributed by atoms with Crippen LogP contribution in [-0.4, -0.2) is 54.7 Å². The van der Waals surface area contributed by atoms with Crippen LogP contribution in [0.5, 0.6) is 0 Å². The number of carbonyl (C=O) groups excluding carboxylic acids is 1. The van der Waals surface area contributed by atoms with Crippen LogP contribution in [0.2, 0.25) is 0 Å². The zero-order valence-corrected chi connectivity index (χ0v) is 12.0. The summed E-state index contributed by atoms with van der Waals surface area (Å²) >= 11 is 0. The summed E-state index contributed by atoms with van der Waals surface area (Å²) < 4.78 is 5.44. The van der Waals surface area contributed by atoms with Crippen LogP contribution >= 0.6 is 0 Å². The molecule has 1 aliphatic rings. The molecule has 3 unspecified atom stereocenters. The van der Waals surface area contributed by atoms with Crippen molar-refractivity contribution in [3.05, 3.63) is 0 Å². The fourth-order valence-electron chi connectivity index (χ4n) is 2.75. The Morgan fingerprint density at radius 2 is 2.33 bits per heavy atom. The summed E-state index contributed by atoms with van der Waals surface area (Å²) in [6, 6.07) is 0.702. The van der Waals surface area contributed by atoms with Gasteiger partial charge in [-0.15, -0.1) is 0 Å². The maximum atomic E-state index is 11.6. The third-order valence-electron chi connectivity index (χ3n) is 3.80. The molecule has 106 valence electrons. The van der Waals surface area contributed by atoms with Crippen LogP contribution in [0.25, 0.3) is 0 Å². The van der Waals surface area contributed by atoms with Gasteiger partial charge in [-0.1, -0.05) is 6.92 Å². The van der Waals surface area contributed by atoms with E-state index >= 15 is 0 Å². The Morgan fingerprint density at radius 1 is 1.67 bits per heavy atom. The zero-order valence-electron chi connectivity index (χ0n) is 12.0. The van der Waals surface area contributed by atoms with E-state index in [9.17, 15) is 4.79 Å². The van der Waals surface area contributed by atoms with Crippen molar-refractivity contribution in [1.82, 2.24) is 10.2 Å². The van der Waals surface area contributed by atoms with Crippen molar-refractivity contribution in [2.45, 2.75) is 51.7 Å². The number of rotatable bonds is 6. The minimum absolute atomic E-state index is 0.280. The van der Waals surface area contributed by atoms with Crippen molar-refractivity contribution in [2.24, 2.45) is 5.73 Å². The van der Waals surface area contributed by atoms with Gasteiger partial charge in [0.15, 0.2) is 0 Å². The van der Waals surface area contributed by atoms with E-state index in [0.29, 0.717) is 12.1 Å². The molecule has 0 aromatic rings. The second-order valence-corrected chi connectivity index (χ2v) is 5.44. The van der Waals surface area contributed by atoms with Gasteiger partial charge in [0, 0.05) is 18.6 Å². The zero-order chi connectivity index (χ0) is 13.8. The first-order chi connectivity index (χ1) is 8.40. The molecule has 0 spiro atoms. The van der Waals surface area contributed by atoms with Gasteiger partial charge in [-0.05, 0) is 33.7 Å². The van der Waals surface area contributed by atoms with E-state index in [1.54, 1.807) is 0 Å². The number of nitrogens with one attached hydrogen (secondary N) is 1. The van der Waals surface area contributed by atoms with Crippen LogP contribution in [0, 0.1) is 0 Å². The van der Waals surface area contributed by atoms with Gasteiger partial charge in [0.1, 0.15) is 0 Å². The highest BCUT2D eigenvalue weighted by Crippen LogP contribution is 2.19. The minimum atomic E-state index is -0.633. The van der Waals surface area contributed by atoms with Gasteiger partial charge in [-0.25, -0.2) is 0 Å². The summed E-state index contributed by atoms with van der Waals surface area (Å²) in [5.74, 6) is -0.280. The molecule has 3 N–H and O–H groups in total. The largest absolute Gasteiger partial charge is 0.379 e. The van der Waals surface area contributed by atoms with Crippen molar-refractivity contribution < 1.29 is 9.53 Å². The fourth-order valence-corrected chi connectivity index (χ4v) is 2.75. The van der Waals surface area contributed by atoms with Gasteiger partial charge in [0.2, 0.25) is 5.91 Å². The third kappa shape index (κ3) is 3.67. The van der Waals surface area contributed by atoms with Crippen molar-refractivity contribution in [3.63, 3.8) is 0 Å². The lowest BCUT2D eigenvalue weighted by molar-refractivity contribution is -0.125. The van der Waals surface area contributed by atoms with Gasteiger partial charge >= 0.3 is 0 Å². The molecule has 0 radical (unpaired) electrons. The second-order valence-electron chi connectivity index (χ2n) is 5.44. The van der Waals surface area contributed by atoms with E-state index in [2.05, 4.69) is 24.1 Å². The summed E-state index contributed by atoms with van der Waals surface area (Å²) in [7, 11) is 0. The predicted octanol–water partition coefficient (Wildman–Crippen LogP) is 0.339. The number of hydrogen-bond acceptors (Lipinski definition) is 4. The Balaban J connectivity index is 2.65.